The van der Waals surface area contributed by atoms with E-state index < -0.39 is 29.6 Å². The molecule has 1 rings (SSSR count). The summed E-state index contributed by atoms with van der Waals surface area (Å²) >= 11 is 0. The minimum absolute atomic E-state index is 0.313. The van der Waals surface area contributed by atoms with E-state index in [9.17, 15) is 14.4 Å². The summed E-state index contributed by atoms with van der Waals surface area (Å²) in [6.07, 6.45) is 0. The first-order valence-electron chi connectivity index (χ1n) is 5.00. The predicted octanol–water partition coefficient (Wildman–Crippen LogP) is 1.29. The van der Waals surface area contributed by atoms with Crippen LogP contribution in [0.4, 0.5) is 0 Å². The number of carbonyl (C=O) groups is 3. The Morgan fingerprint density at radius 3 is 1.88 bits per heavy atom. The van der Waals surface area contributed by atoms with Gasteiger partial charge in [-0.2, -0.15) is 0 Å². The maximum absolute atomic E-state index is 11.9. The van der Waals surface area contributed by atoms with Crippen molar-refractivity contribution in [3.05, 3.63) is 35.9 Å². The Morgan fingerprint density at radius 1 is 1.00 bits per heavy atom. The first kappa shape index (κ1) is 12.9. The molecule has 0 bridgehead atoms. The summed E-state index contributed by atoms with van der Waals surface area (Å²) in [6, 6.07) is 8.04. The van der Waals surface area contributed by atoms with Crippen LogP contribution in [0.2, 0.25) is 0 Å². The van der Waals surface area contributed by atoms with Crippen LogP contribution in [0, 0.1) is 11.8 Å². The van der Waals surface area contributed by atoms with Crippen LogP contribution in [0.25, 0.3) is 0 Å². The van der Waals surface area contributed by atoms with Crippen LogP contribution in [0.15, 0.2) is 30.3 Å². The maximum Gasteiger partial charge on any atom is 0.318 e. The highest BCUT2D eigenvalue weighted by Gasteiger charge is 2.36. The van der Waals surface area contributed by atoms with Gasteiger partial charge in [0.15, 0.2) is 11.7 Å². The number of hydrogen-bond donors (Lipinski definition) is 2. The van der Waals surface area contributed by atoms with Gasteiger partial charge in [0, 0.05) is 11.5 Å². The van der Waals surface area contributed by atoms with E-state index in [1.807, 2.05) is 0 Å². The molecule has 1 unspecified atom stereocenters. The van der Waals surface area contributed by atoms with Gasteiger partial charge in [-0.3, -0.25) is 14.4 Å². The third kappa shape index (κ3) is 2.90. The Kier molecular flexibility index (Phi) is 3.98. The summed E-state index contributed by atoms with van der Waals surface area (Å²) in [5.41, 5.74) is 0.313. The molecule has 0 fully saturated rings. The van der Waals surface area contributed by atoms with Gasteiger partial charge in [0.2, 0.25) is 0 Å². The molecule has 0 saturated heterocycles. The fourth-order valence-corrected chi connectivity index (χ4v) is 1.55. The molecule has 0 radical (unpaired) electrons. The lowest BCUT2D eigenvalue weighted by atomic mass is 9.87. The van der Waals surface area contributed by atoms with Gasteiger partial charge in [-0.25, -0.2) is 0 Å². The number of carboxylic acid groups (broad SMARTS) is 2. The summed E-state index contributed by atoms with van der Waals surface area (Å²) in [7, 11) is 0. The van der Waals surface area contributed by atoms with Crippen molar-refractivity contribution >= 4 is 17.7 Å². The Hall–Kier alpha value is -2.17. The van der Waals surface area contributed by atoms with Crippen molar-refractivity contribution < 1.29 is 24.6 Å². The third-order valence-corrected chi connectivity index (χ3v) is 2.50. The second-order valence-corrected chi connectivity index (χ2v) is 3.67. The Balaban J connectivity index is 2.96. The van der Waals surface area contributed by atoms with Crippen molar-refractivity contribution in [2.45, 2.75) is 6.92 Å². The second kappa shape index (κ2) is 5.25. The summed E-state index contributed by atoms with van der Waals surface area (Å²) in [5.74, 6) is -6.32. The molecule has 1 aromatic carbocycles. The number of aliphatic carboxylic acids is 2. The smallest absolute Gasteiger partial charge is 0.318 e. The Bertz CT molecular complexity index is 423. The zero-order chi connectivity index (χ0) is 13.0. The molecule has 0 aliphatic heterocycles. The van der Waals surface area contributed by atoms with E-state index in [-0.39, 0.29) is 0 Å². The number of benzene rings is 1. The lowest BCUT2D eigenvalue weighted by Crippen LogP contribution is -2.34. The van der Waals surface area contributed by atoms with Gasteiger partial charge in [0.25, 0.3) is 0 Å². The number of Topliss-reactive ketones (excluding diaryl/α,β-unsaturated/α-hetero) is 1. The van der Waals surface area contributed by atoms with Crippen molar-refractivity contribution in [1.29, 1.82) is 0 Å². The molecule has 0 aliphatic carbocycles. The van der Waals surface area contributed by atoms with Crippen molar-refractivity contribution in [2.75, 3.05) is 0 Å². The molecule has 90 valence electrons. The van der Waals surface area contributed by atoms with Gasteiger partial charge >= 0.3 is 11.9 Å². The number of carboxylic acids is 2. The number of ketones is 1. The van der Waals surface area contributed by atoms with Crippen LogP contribution < -0.4 is 0 Å². The van der Waals surface area contributed by atoms with Gasteiger partial charge in [-0.05, 0) is 0 Å². The van der Waals surface area contributed by atoms with Gasteiger partial charge in [0.1, 0.15) is 0 Å². The van der Waals surface area contributed by atoms with Crippen LogP contribution in [0.5, 0.6) is 0 Å². The van der Waals surface area contributed by atoms with Crippen LogP contribution >= 0.6 is 0 Å². The molecule has 0 saturated carbocycles. The highest BCUT2D eigenvalue weighted by molar-refractivity contribution is 6.04. The van der Waals surface area contributed by atoms with Crippen molar-refractivity contribution in [3.63, 3.8) is 0 Å². The first-order chi connectivity index (χ1) is 7.95. The molecule has 0 aromatic heterocycles. The monoisotopic (exact) mass is 236 g/mol. The zero-order valence-electron chi connectivity index (χ0n) is 9.16. The summed E-state index contributed by atoms with van der Waals surface area (Å²) in [6.45, 7) is 1.31. The van der Waals surface area contributed by atoms with E-state index in [1.54, 1.807) is 18.2 Å². The summed E-state index contributed by atoms with van der Waals surface area (Å²) in [5, 5.41) is 17.6. The van der Waals surface area contributed by atoms with Crippen molar-refractivity contribution in [3.8, 4) is 0 Å². The van der Waals surface area contributed by atoms with Crippen LogP contribution in [-0.4, -0.2) is 27.9 Å². The van der Waals surface area contributed by atoms with E-state index in [4.69, 9.17) is 10.2 Å². The number of rotatable bonds is 5. The predicted molar refractivity (Wildman–Crippen MR) is 58.7 cm³/mol. The van der Waals surface area contributed by atoms with Crippen molar-refractivity contribution in [1.82, 2.24) is 0 Å². The maximum atomic E-state index is 11.9. The lowest BCUT2D eigenvalue weighted by molar-refractivity contribution is -0.156. The van der Waals surface area contributed by atoms with E-state index in [1.165, 1.54) is 19.1 Å². The molecular weight excluding hydrogens is 224 g/mol. The van der Waals surface area contributed by atoms with Gasteiger partial charge in [0.05, 0.1) is 0 Å². The largest absolute Gasteiger partial charge is 0.481 e. The molecule has 5 heteroatoms. The topological polar surface area (TPSA) is 91.7 Å². The van der Waals surface area contributed by atoms with E-state index >= 15 is 0 Å². The summed E-state index contributed by atoms with van der Waals surface area (Å²) in [4.78, 5) is 33.4. The molecule has 2 N–H and O–H groups in total. The molecule has 0 amide bonds. The van der Waals surface area contributed by atoms with E-state index in [0.29, 0.717) is 5.56 Å². The molecule has 17 heavy (non-hydrogen) atoms. The molecule has 0 aliphatic rings. The van der Waals surface area contributed by atoms with Crippen LogP contribution in [-0.2, 0) is 9.59 Å². The average molecular weight is 236 g/mol. The second-order valence-electron chi connectivity index (χ2n) is 3.67. The minimum atomic E-state index is -1.72. The fraction of sp³-hybridized carbons (Fsp3) is 0.250. The average Bonchev–Trinajstić information content (AvgIpc) is 2.28. The van der Waals surface area contributed by atoms with Crippen LogP contribution in [0.1, 0.15) is 17.3 Å². The molecular formula is C12H12O5. The molecule has 0 heterocycles. The fourth-order valence-electron chi connectivity index (χ4n) is 1.55. The standard InChI is InChI=1S/C12H12O5/c1-7(9(11(14)15)12(16)17)10(13)8-5-3-2-4-6-8/h2-7,9H,1H3,(H,14,15)(H,16,17). The van der Waals surface area contributed by atoms with Crippen molar-refractivity contribution in [2.24, 2.45) is 11.8 Å². The van der Waals surface area contributed by atoms with Gasteiger partial charge in [-0.15, -0.1) is 0 Å². The van der Waals surface area contributed by atoms with Crippen LogP contribution in [0.3, 0.4) is 0 Å². The Morgan fingerprint density at radius 2 is 1.47 bits per heavy atom. The number of hydrogen-bond acceptors (Lipinski definition) is 3. The van der Waals surface area contributed by atoms with E-state index in [0.717, 1.165) is 0 Å². The molecule has 5 nitrogen and oxygen atoms in total. The Labute approximate surface area is 97.7 Å². The first-order valence-corrected chi connectivity index (χ1v) is 5.00. The molecule has 0 spiro atoms. The lowest BCUT2D eigenvalue weighted by Gasteiger charge is -2.14. The minimum Gasteiger partial charge on any atom is -0.481 e. The highest BCUT2D eigenvalue weighted by Crippen LogP contribution is 2.18. The SMILES string of the molecule is CC(C(=O)c1ccccc1)C(C(=O)O)C(=O)O. The van der Waals surface area contributed by atoms with Gasteiger partial charge < -0.3 is 10.2 Å². The zero-order valence-corrected chi connectivity index (χ0v) is 9.16. The summed E-state index contributed by atoms with van der Waals surface area (Å²) < 4.78 is 0. The molecule has 1 atom stereocenters. The number of carbonyl (C=O) groups excluding carboxylic acids is 1. The normalized spacial score (nSPS) is 12.1. The highest BCUT2D eigenvalue weighted by atomic mass is 16.4. The van der Waals surface area contributed by atoms with E-state index in [2.05, 4.69) is 0 Å². The quantitative estimate of drug-likeness (QED) is 0.593. The molecule has 1 aromatic rings. The van der Waals surface area contributed by atoms with Gasteiger partial charge in [-0.1, -0.05) is 37.3 Å². The third-order valence-electron chi connectivity index (χ3n) is 2.50.